The van der Waals surface area contributed by atoms with Crippen molar-refractivity contribution in [3.8, 4) is 5.75 Å². The highest BCUT2D eigenvalue weighted by Crippen LogP contribution is 2.26. The number of aryl methyl sites for hydroxylation is 1. The molecular weight excluding hydrogens is 490 g/mol. The number of methoxy groups -OCH3 is 1. The summed E-state index contributed by atoms with van der Waals surface area (Å²) >= 11 is 0. The van der Waals surface area contributed by atoms with Crippen LogP contribution in [0.25, 0.3) is 10.9 Å². The Morgan fingerprint density at radius 1 is 1.00 bits per heavy atom. The molecule has 0 unspecified atom stereocenters. The number of aliphatic carboxylic acids is 1. The molecule has 0 spiro atoms. The number of halogens is 4. The molecule has 1 N–H and O–H groups in total. The lowest BCUT2D eigenvalue weighted by atomic mass is 10.0. The Morgan fingerprint density at radius 2 is 1.70 bits per heavy atom. The van der Waals surface area contributed by atoms with Gasteiger partial charge in [-0.25, -0.2) is 17.6 Å². The van der Waals surface area contributed by atoms with Crippen molar-refractivity contribution in [2.24, 2.45) is 0 Å². The van der Waals surface area contributed by atoms with Crippen molar-refractivity contribution >= 4 is 16.9 Å². The molecule has 0 amide bonds. The first-order valence-corrected chi connectivity index (χ1v) is 12.2. The second-order valence-corrected chi connectivity index (χ2v) is 9.21. The van der Waals surface area contributed by atoms with Gasteiger partial charge in [0.1, 0.15) is 35.1 Å². The van der Waals surface area contributed by atoms with E-state index in [2.05, 4.69) is 4.98 Å². The summed E-state index contributed by atoms with van der Waals surface area (Å²) in [5, 5.41) is 10.5. The van der Waals surface area contributed by atoms with Gasteiger partial charge in [0.2, 0.25) is 0 Å². The molecule has 1 aliphatic rings. The SMILES string of the molecule is COc1ccc2ncc(F)c(CCCN3CCN(CCCc4c(F)cc(F)cc4F)C[C@@H]3C(=O)O)c2c1. The summed E-state index contributed by atoms with van der Waals surface area (Å²) in [6, 6.07) is 5.87. The Balaban J connectivity index is 1.33. The van der Waals surface area contributed by atoms with Gasteiger partial charge in [-0.05, 0) is 62.5 Å². The van der Waals surface area contributed by atoms with E-state index >= 15 is 0 Å². The predicted octanol–water partition coefficient (Wildman–Crippen LogP) is 4.44. The number of nitrogens with zero attached hydrogens (tertiary/aromatic N) is 3. The average Bonchev–Trinajstić information content (AvgIpc) is 2.87. The van der Waals surface area contributed by atoms with Gasteiger partial charge in [-0.3, -0.25) is 19.6 Å². The van der Waals surface area contributed by atoms with E-state index in [9.17, 15) is 27.5 Å². The van der Waals surface area contributed by atoms with Crippen molar-refractivity contribution in [1.29, 1.82) is 0 Å². The third kappa shape index (κ3) is 6.37. The van der Waals surface area contributed by atoms with E-state index in [4.69, 9.17) is 4.74 Å². The van der Waals surface area contributed by atoms with Crippen molar-refractivity contribution in [3.63, 3.8) is 0 Å². The number of aromatic nitrogens is 1. The normalized spacial score (nSPS) is 16.8. The molecule has 10 heteroatoms. The number of carboxylic acids is 1. The fourth-order valence-corrected chi connectivity index (χ4v) is 4.91. The molecule has 0 saturated carbocycles. The molecule has 1 aliphatic heterocycles. The van der Waals surface area contributed by atoms with E-state index in [1.54, 1.807) is 25.3 Å². The Labute approximate surface area is 212 Å². The minimum Gasteiger partial charge on any atom is -0.497 e. The number of rotatable bonds is 10. The number of pyridine rings is 1. The molecule has 2 heterocycles. The lowest BCUT2D eigenvalue weighted by molar-refractivity contribution is -0.145. The van der Waals surface area contributed by atoms with Crippen LogP contribution in [0.4, 0.5) is 17.6 Å². The molecule has 1 aromatic heterocycles. The largest absolute Gasteiger partial charge is 0.497 e. The van der Waals surface area contributed by atoms with Crippen LogP contribution in [0.15, 0.2) is 36.5 Å². The standard InChI is InChI=1S/C27H29F4N3O3/c1-37-18-6-7-25-21(14-18)19(24(31)15-32-25)4-3-9-34-11-10-33(16-26(34)27(35)36)8-2-5-20-22(29)12-17(28)13-23(20)30/h6-7,12-15,26H,2-5,8-11,16H2,1H3,(H,35,36)/t26-/m1/s1. The summed E-state index contributed by atoms with van der Waals surface area (Å²) < 4.78 is 60.7. The van der Waals surface area contributed by atoms with E-state index in [1.807, 2.05) is 9.80 Å². The van der Waals surface area contributed by atoms with Crippen LogP contribution < -0.4 is 4.74 Å². The highest BCUT2D eigenvalue weighted by atomic mass is 19.1. The predicted molar refractivity (Wildman–Crippen MR) is 131 cm³/mol. The van der Waals surface area contributed by atoms with E-state index in [0.29, 0.717) is 79.8 Å². The number of hydrogen-bond donors (Lipinski definition) is 1. The van der Waals surface area contributed by atoms with Crippen LogP contribution in [0, 0.1) is 23.3 Å². The van der Waals surface area contributed by atoms with E-state index < -0.39 is 35.3 Å². The highest BCUT2D eigenvalue weighted by molar-refractivity contribution is 5.83. The maximum atomic E-state index is 14.6. The first-order valence-electron chi connectivity index (χ1n) is 12.2. The third-order valence-electron chi connectivity index (χ3n) is 6.87. The third-order valence-corrected chi connectivity index (χ3v) is 6.87. The number of piperazine rings is 1. The maximum Gasteiger partial charge on any atom is 0.322 e. The Hall–Kier alpha value is -3.24. The van der Waals surface area contributed by atoms with E-state index in [-0.39, 0.29) is 18.5 Å². The number of fused-ring (bicyclic) bond motifs is 1. The lowest BCUT2D eigenvalue weighted by Gasteiger charge is -2.39. The van der Waals surface area contributed by atoms with Crippen LogP contribution in [0.5, 0.6) is 5.75 Å². The number of carboxylic acid groups (broad SMARTS) is 1. The monoisotopic (exact) mass is 519 g/mol. The fourth-order valence-electron chi connectivity index (χ4n) is 4.91. The van der Waals surface area contributed by atoms with Crippen LogP contribution in [0.3, 0.4) is 0 Å². The van der Waals surface area contributed by atoms with Gasteiger partial charge in [-0.15, -0.1) is 0 Å². The second kappa shape index (κ2) is 11.9. The molecule has 1 fully saturated rings. The summed E-state index contributed by atoms with van der Waals surface area (Å²) in [5.74, 6) is -3.54. The quantitative estimate of drug-likeness (QED) is 0.400. The summed E-state index contributed by atoms with van der Waals surface area (Å²) in [6.07, 6.45) is 2.67. The fraction of sp³-hybridized carbons (Fsp3) is 0.407. The second-order valence-electron chi connectivity index (χ2n) is 9.21. The number of ether oxygens (including phenoxy) is 1. The Kier molecular flexibility index (Phi) is 8.60. The van der Waals surface area contributed by atoms with Gasteiger partial charge in [0, 0.05) is 42.7 Å². The first-order chi connectivity index (χ1) is 17.8. The molecule has 4 rings (SSSR count). The van der Waals surface area contributed by atoms with Crippen LogP contribution in [0.1, 0.15) is 24.0 Å². The molecular formula is C27H29F4N3O3. The number of benzene rings is 2. The van der Waals surface area contributed by atoms with Gasteiger partial charge >= 0.3 is 5.97 Å². The summed E-state index contributed by atoms with van der Waals surface area (Å²) in [6.45, 7) is 2.31. The Morgan fingerprint density at radius 3 is 2.41 bits per heavy atom. The molecule has 2 aromatic carbocycles. The van der Waals surface area contributed by atoms with E-state index in [1.165, 1.54) is 6.20 Å². The average molecular weight is 520 g/mol. The summed E-state index contributed by atoms with van der Waals surface area (Å²) in [7, 11) is 1.54. The van der Waals surface area contributed by atoms with Crippen molar-refractivity contribution in [2.45, 2.75) is 31.7 Å². The zero-order valence-electron chi connectivity index (χ0n) is 20.5. The van der Waals surface area contributed by atoms with Crippen molar-refractivity contribution < 1.29 is 32.2 Å². The summed E-state index contributed by atoms with van der Waals surface area (Å²) in [5.41, 5.74) is 1.02. The molecule has 3 aromatic rings. The molecule has 198 valence electrons. The molecule has 0 bridgehead atoms. The van der Waals surface area contributed by atoms with Crippen LogP contribution in [-0.2, 0) is 17.6 Å². The first kappa shape index (κ1) is 26.8. The zero-order chi connectivity index (χ0) is 26.5. The maximum absolute atomic E-state index is 14.6. The minimum absolute atomic E-state index is 0.0894. The van der Waals surface area contributed by atoms with Gasteiger partial charge < -0.3 is 9.84 Å². The molecule has 0 aliphatic carbocycles. The van der Waals surface area contributed by atoms with Crippen molar-refractivity contribution in [2.75, 3.05) is 39.8 Å². The van der Waals surface area contributed by atoms with Gasteiger partial charge in [-0.2, -0.15) is 0 Å². The smallest absolute Gasteiger partial charge is 0.322 e. The van der Waals surface area contributed by atoms with Crippen molar-refractivity contribution in [1.82, 2.24) is 14.8 Å². The number of carbonyl (C=O) groups is 1. The van der Waals surface area contributed by atoms with Crippen LogP contribution in [-0.4, -0.2) is 71.7 Å². The van der Waals surface area contributed by atoms with Crippen LogP contribution in [0.2, 0.25) is 0 Å². The molecule has 6 nitrogen and oxygen atoms in total. The zero-order valence-corrected chi connectivity index (χ0v) is 20.5. The Bertz CT molecular complexity index is 1250. The highest BCUT2D eigenvalue weighted by Gasteiger charge is 2.31. The molecule has 1 saturated heterocycles. The summed E-state index contributed by atoms with van der Waals surface area (Å²) in [4.78, 5) is 19.9. The molecule has 1 atom stereocenters. The van der Waals surface area contributed by atoms with Gasteiger partial charge in [-0.1, -0.05) is 0 Å². The molecule has 37 heavy (non-hydrogen) atoms. The lowest BCUT2D eigenvalue weighted by Crippen LogP contribution is -2.56. The van der Waals surface area contributed by atoms with Crippen LogP contribution >= 0.6 is 0 Å². The van der Waals surface area contributed by atoms with Gasteiger partial charge in [0.15, 0.2) is 0 Å². The van der Waals surface area contributed by atoms with Gasteiger partial charge in [0.05, 0.1) is 18.8 Å². The number of hydrogen-bond acceptors (Lipinski definition) is 5. The van der Waals surface area contributed by atoms with Gasteiger partial charge in [0.25, 0.3) is 0 Å². The van der Waals surface area contributed by atoms with E-state index in [0.717, 1.165) is 0 Å². The molecule has 0 radical (unpaired) electrons. The topological polar surface area (TPSA) is 65.9 Å². The minimum atomic E-state index is -0.959. The van der Waals surface area contributed by atoms with Crippen molar-refractivity contribution in [3.05, 3.63) is 70.9 Å².